The summed E-state index contributed by atoms with van der Waals surface area (Å²) in [4.78, 5) is 35.8. The van der Waals surface area contributed by atoms with Crippen LogP contribution in [0.2, 0.25) is 0 Å². The Morgan fingerprint density at radius 3 is 2.47 bits per heavy atom. The Hall–Kier alpha value is -2.67. The summed E-state index contributed by atoms with van der Waals surface area (Å²) < 4.78 is 0. The molecule has 1 amide bonds. The van der Waals surface area contributed by atoms with E-state index >= 15 is 0 Å². The van der Waals surface area contributed by atoms with E-state index in [0.717, 1.165) is 75.7 Å². The third kappa shape index (κ3) is 5.27. The second-order valence-corrected chi connectivity index (χ2v) is 8.47. The first-order valence-electron chi connectivity index (χ1n) is 11.0. The van der Waals surface area contributed by atoms with Gasteiger partial charge in [-0.25, -0.2) is 4.98 Å². The number of hydrogen-bond donors (Lipinski definition) is 2. The van der Waals surface area contributed by atoms with E-state index in [1.165, 1.54) is 18.9 Å². The summed E-state index contributed by atoms with van der Waals surface area (Å²) in [6, 6.07) is 9.73. The number of rotatable bonds is 5. The van der Waals surface area contributed by atoms with Crippen molar-refractivity contribution in [2.45, 2.75) is 51.5 Å². The van der Waals surface area contributed by atoms with E-state index < -0.39 is 0 Å². The molecule has 1 aromatic carbocycles. The normalized spacial score (nSPS) is 18.4. The molecule has 2 aliphatic heterocycles. The number of anilines is 2. The van der Waals surface area contributed by atoms with Crippen molar-refractivity contribution in [3.63, 3.8) is 0 Å². The number of amides is 1. The van der Waals surface area contributed by atoms with Crippen LogP contribution in [-0.4, -0.2) is 47.0 Å². The topological polar surface area (TPSA) is 81.3 Å². The minimum Gasteiger partial charge on any atom is -0.342 e. The largest absolute Gasteiger partial charge is 0.342 e. The maximum Gasteiger partial charge on any atom is 0.252 e. The zero-order chi connectivity index (χ0) is 20.9. The summed E-state index contributed by atoms with van der Waals surface area (Å²) >= 11 is 0. The third-order valence-corrected chi connectivity index (χ3v) is 6.09. The molecule has 3 heterocycles. The maximum atomic E-state index is 12.2. The van der Waals surface area contributed by atoms with Crippen molar-refractivity contribution in [1.29, 1.82) is 0 Å². The summed E-state index contributed by atoms with van der Waals surface area (Å²) in [5, 5.41) is 2.80. The summed E-state index contributed by atoms with van der Waals surface area (Å²) in [7, 11) is 0. The molecule has 7 nitrogen and oxygen atoms in total. The van der Waals surface area contributed by atoms with E-state index in [1.807, 2.05) is 12.1 Å². The second kappa shape index (κ2) is 9.43. The highest BCUT2D eigenvalue weighted by atomic mass is 16.1. The highest BCUT2D eigenvalue weighted by Gasteiger charge is 2.23. The van der Waals surface area contributed by atoms with Gasteiger partial charge in [-0.3, -0.25) is 19.5 Å². The molecule has 0 saturated carbocycles. The van der Waals surface area contributed by atoms with Crippen LogP contribution in [0.3, 0.4) is 0 Å². The van der Waals surface area contributed by atoms with Crippen molar-refractivity contribution >= 4 is 17.5 Å². The van der Waals surface area contributed by atoms with Gasteiger partial charge in [-0.05, 0) is 62.9 Å². The number of H-pyrrole nitrogens is 1. The molecule has 0 radical (unpaired) electrons. The van der Waals surface area contributed by atoms with Gasteiger partial charge in [0.2, 0.25) is 11.9 Å². The molecule has 0 aliphatic carbocycles. The van der Waals surface area contributed by atoms with Crippen molar-refractivity contribution in [1.82, 2.24) is 14.9 Å². The first-order chi connectivity index (χ1) is 14.6. The van der Waals surface area contributed by atoms with Crippen molar-refractivity contribution in [3.8, 4) is 0 Å². The van der Waals surface area contributed by atoms with Gasteiger partial charge in [-0.1, -0.05) is 12.1 Å². The number of aromatic amines is 1. The SMILES string of the molecule is CC(=O)Nc1ccc(CN2CCC(c3cc(=O)[nH]c(N4CCCCC4)n3)CC2)cc1. The number of piperidine rings is 2. The van der Waals surface area contributed by atoms with Crippen molar-refractivity contribution in [2.75, 3.05) is 36.4 Å². The molecule has 0 spiro atoms. The maximum absolute atomic E-state index is 12.2. The summed E-state index contributed by atoms with van der Waals surface area (Å²) in [5.41, 5.74) is 2.97. The molecule has 0 unspecified atom stereocenters. The molecule has 2 aromatic rings. The van der Waals surface area contributed by atoms with Crippen molar-refractivity contribution in [3.05, 3.63) is 51.9 Å². The second-order valence-electron chi connectivity index (χ2n) is 8.47. The number of carbonyl (C=O) groups is 1. The first-order valence-corrected chi connectivity index (χ1v) is 11.0. The van der Waals surface area contributed by atoms with Crippen LogP contribution in [-0.2, 0) is 11.3 Å². The molecule has 2 N–H and O–H groups in total. The lowest BCUT2D eigenvalue weighted by Gasteiger charge is -2.32. The van der Waals surface area contributed by atoms with Gasteiger partial charge >= 0.3 is 0 Å². The van der Waals surface area contributed by atoms with Crippen LogP contribution >= 0.6 is 0 Å². The highest BCUT2D eigenvalue weighted by molar-refractivity contribution is 5.88. The van der Waals surface area contributed by atoms with Crippen LogP contribution in [0, 0.1) is 0 Å². The van der Waals surface area contributed by atoms with Gasteiger partial charge in [0.05, 0.1) is 5.69 Å². The van der Waals surface area contributed by atoms with E-state index in [0.29, 0.717) is 5.92 Å². The smallest absolute Gasteiger partial charge is 0.252 e. The Morgan fingerprint density at radius 1 is 1.10 bits per heavy atom. The van der Waals surface area contributed by atoms with E-state index in [1.54, 1.807) is 6.07 Å². The highest BCUT2D eigenvalue weighted by Crippen LogP contribution is 2.28. The molecule has 2 aliphatic rings. The van der Waals surface area contributed by atoms with Crippen LogP contribution in [0.15, 0.2) is 35.1 Å². The van der Waals surface area contributed by atoms with Gasteiger partial charge in [-0.2, -0.15) is 0 Å². The van der Waals surface area contributed by atoms with Crippen molar-refractivity contribution < 1.29 is 4.79 Å². The molecule has 30 heavy (non-hydrogen) atoms. The van der Waals surface area contributed by atoms with Gasteiger partial charge in [0.25, 0.3) is 5.56 Å². The lowest BCUT2D eigenvalue weighted by molar-refractivity contribution is -0.114. The van der Waals surface area contributed by atoms with Crippen LogP contribution < -0.4 is 15.8 Å². The Labute approximate surface area is 177 Å². The fourth-order valence-electron chi connectivity index (χ4n) is 4.47. The Morgan fingerprint density at radius 2 is 1.80 bits per heavy atom. The molecule has 2 fully saturated rings. The lowest BCUT2D eigenvalue weighted by Crippen LogP contribution is -2.35. The fraction of sp³-hybridized carbons (Fsp3) is 0.522. The van der Waals surface area contributed by atoms with Crippen LogP contribution in [0.4, 0.5) is 11.6 Å². The van der Waals surface area contributed by atoms with Gasteiger partial charge in [0.15, 0.2) is 0 Å². The van der Waals surface area contributed by atoms with Gasteiger partial charge < -0.3 is 10.2 Å². The summed E-state index contributed by atoms with van der Waals surface area (Å²) in [6.45, 7) is 6.35. The van der Waals surface area contributed by atoms with E-state index in [-0.39, 0.29) is 11.5 Å². The first kappa shape index (κ1) is 20.6. The van der Waals surface area contributed by atoms with Crippen LogP contribution in [0.25, 0.3) is 0 Å². The molecular formula is C23H31N5O2. The number of hydrogen-bond acceptors (Lipinski definition) is 5. The Balaban J connectivity index is 1.34. The van der Waals surface area contributed by atoms with Crippen molar-refractivity contribution in [2.24, 2.45) is 0 Å². The van der Waals surface area contributed by atoms with Crippen LogP contribution in [0.1, 0.15) is 56.2 Å². The number of likely N-dealkylation sites (tertiary alicyclic amines) is 1. The third-order valence-electron chi connectivity index (χ3n) is 6.09. The molecule has 160 valence electrons. The van der Waals surface area contributed by atoms with Gasteiger partial charge in [0, 0.05) is 44.2 Å². The molecule has 2 saturated heterocycles. The van der Waals surface area contributed by atoms with E-state index in [4.69, 9.17) is 4.98 Å². The quantitative estimate of drug-likeness (QED) is 0.793. The summed E-state index contributed by atoms with van der Waals surface area (Å²) in [5.74, 6) is 1.04. The number of nitrogens with one attached hydrogen (secondary N) is 2. The molecule has 4 rings (SSSR count). The Kier molecular flexibility index (Phi) is 6.47. The summed E-state index contributed by atoms with van der Waals surface area (Å²) in [6.07, 6.45) is 5.62. The van der Waals surface area contributed by atoms with Gasteiger partial charge in [0.1, 0.15) is 0 Å². The molecule has 1 aromatic heterocycles. The Bertz CT molecular complexity index is 910. The number of aromatic nitrogens is 2. The van der Waals surface area contributed by atoms with E-state index in [9.17, 15) is 9.59 Å². The molecule has 0 atom stereocenters. The predicted octanol–water partition coefficient (Wildman–Crippen LogP) is 3.10. The minimum absolute atomic E-state index is 0.0396. The van der Waals surface area contributed by atoms with E-state index in [2.05, 4.69) is 32.2 Å². The van der Waals surface area contributed by atoms with Crippen LogP contribution in [0.5, 0.6) is 0 Å². The average Bonchev–Trinajstić information content (AvgIpc) is 2.75. The molecular weight excluding hydrogens is 378 g/mol. The zero-order valence-corrected chi connectivity index (χ0v) is 17.7. The lowest BCUT2D eigenvalue weighted by atomic mass is 9.93. The zero-order valence-electron chi connectivity index (χ0n) is 17.7. The molecule has 7 heteroatoms. The molecule has 0 bridgehead atoms. The average molecular weight is 410 g/mol. The van der Waals surface area contributed by atoms with Gasteiger partial charge in [-0.15, -0.1) is 0 Å². The monoisotopic (exact) mass is 409 g/mol. The predicted molar refractivity (Wildman–Crippen MR) is 119 cm³/mol. The minimum atomic E-state index is -0.0541. The number of carbonyl (C=O) groups excluding carboxylic acids is 1. The fourth-order valence-corrected chi connectivity index (χ4v) is 4.47. The number of nitrogens with zero attached hydrogens (tertiary/aromatic N) is 3. The standard InChI is InChI=1S/C23H31N5O2/c1-17(29)24-20-7-5-18(6-8-20)16-27-13-9-19(10-14-27)21-15-22(30)26-23(25-21)28-11-3-2-4-12-28/h5-8,15,19H,2-4,9-14,16H2,1H3,(H,24,29)(H,25,26,30). The number of benzene rings is 1.